The molecule has 2 aliphatic rings. The molecule has 4 rings (SSSR count). The fourth-order valence-corrected chi connectivity index (χ4v) is 4.63. The Morgan fingerprint density at radius 3 is 2.55 bits per heavy atom. The predicted octanol–water partition coefficient (Wildman–Crippen LogP) is 6.42. The summed E-state index contributed by atoms with van der Waals surface area (Å²) >= 11 is 0. The molecule has 2 aromatic rings. The average molecular weight is 416 g/mol. The summed E-state index contributed by atoms with van der Waals surface area (Å²) in [7, 11) is 0. The summed E-state index contributed by atoms with van der Waals surface area (Å²) in [6.45, 7) is 1.83. The standard InChI is InChI=1S/C28H33NO2/c30-28(22-31-27-17-8-7-16-26(27)25-14-5-2-6-15-25)29-20-18-24(19-21-29)13-9-12-23-10-3-1-4-11-23/h1-3,5-8,10,14-17,24H,4,9,11-13,18-22H2. The van der Waals surface area contributed by atoms with Crippen molar-refractivity contribution in [1.29, 1.82) is 0 Å². The molecule has 0 saturated carbocycles. The van der Waals surface area contributed by atoms with Gasteiger partial charge in [0.25, 0.3) is 5.91 Å². The molecule has 3 heteroatoms. The maximum Gasteiger partial charge on any atom is 0.260 e. The highest BCUT2D eigenvalue weighted by atomic mass is 16.5. The zero-order valence-corrected chi connectivity index (χ0v) is 18.3. The summed E-state index contributed by atoms with van der Waals surface area (Å²) in [6, 6.07) is 18.1. The Morgan fingerprint density at radius 1 is 1.00 bits per heavy atom. The Kier molecular flexibility index (Phi) is 7.60. The van der Waals surface area contributed by atoms with Gasteiger partial charge in [0, 0.05) is 18.7 Å². The van der Waals surface area contributed by atoms with E-state index in [-0.39, 0.29) is 12.5 Å². The van der Waals surface area contributed by atoms with Gasteiger partial charge in [-0.1, -0.05) is 78.8 Å². The molecule has 1 heterocycles. The summed E-state index contributed by atoms with van der Waals surface area (Å²) in [6.07, 6.45) is 15.2. The number of carbonyl (C=O) groups excluding carboxylic acids is 1. The van der Waals surface area contributed by atoms with Crippen LogP contribution >= 0.6 is 0 Å². The molecule has 0 bridgehead atoms. The van der Waals surface area contributed by atoms with Gasteiger partial charge in [-0.25, -0.2) is 0 Å². The number of hydrogen-bond acceptors (Lipinski definition) is 2. The van der Waals surface area contributed by atoms with Crippen LogP contribution in [0.15, 0.2) is 78.4 Å². The van der Waals surface area contributed by atoms with E-state index >= 15 is 0 Å². The van der Waals surface area contributed by atoms with E-state index in [1.54, 1.807) is 5.57 Å². The Balaban J connectivity index is 1.21. The van der Waals surface area contributed by atoms with Gasteiger partial charge < -0.3 is 9.64 Å². The minimum Gasteiger partial charge on any atom is -0.483 e. The molecule has 1 saturated heterocycles. The average Bonchev–Trinajstić information content (AvgIpc) is 2.84. The molecule has 1 amide bonds. The van der Waals surface area contributed by atoms with Crippen molar-refractivity contribution in [1.82, 2.24) is 4.90 Å². The van der Waals surface area contributed by atoms with Crippen molar-refractivity contribution >= 4 is 5.91 Å². The lowest BCUT2D eigenvalue weighted by atomic mass is 9.89. The first-order valence-corrected chi connectivity index (χ1v) is 11.7. The number of amides is 1. The summed E-state index contributed by atoms with van der Waals surface area (Å²) < 4.78 is 5.96. The number of rotatable bonds is 8. The number of benzene rings is 2. The van der Waals surface area contributed by atoms with Gasteiger partial charge in [-0.05, 0) is 56.1 Å². The fourth-order valence-electron chi connectivity index (χ4n) is 4.63. The molecule has 162 valence electrons. The van der Waals surface area contributed by atoms with Gasteiger partial charge in [-0.15, -0.1) is 0 Å². The lowest BCUT2D eigenvalue weighted by molar-refractivity contribution is -0.134. The monoisotopic (exact) mass is 415 g/mol. The van der Waals surface area contributed by atoms with Crippen LogP contribution in [0.1, 0.15) is 44.9 Å². The molecule has 0 spiro atoms. The molecule has 0 aromatic heterocycles. The highest BCUT2D eigenvalue weighted by Gasteiger charge is 2.23. The SMILES string of the molecule is O=C(COc1ccccc1-c1ccccc1)N1CCC(CCCC2=CC=CCC2)CC1. The Labute approximate surface area is 186 Å². The number of piperidine rings is 1. The Morgan fingerprint density at radius 2 is 1.77 bits per heavy atom. The molecule has 0 atom stereocenters. The van der Waals surface area contributed by atoms with Crippen molar-refractivity contribution in [2.45, 2.75) is 44.9 Å². The summed E-state index contributed by atoms with van der Waals surface area (Å²) in [5.74, 6) is 1.62. The maximum atomic E-state index is 12.7. The quantitative estimate of drug-likeness (QED) is 0.498. The van der Waals surface area contributed by atoms with Crippen LogP contribution in [0.3, 0.4) is 0 Å². The van der Waals surface area contributed by atoms with Gasteiger partial charge >= 0.3 is 0 Å². The molecule has 1 fully saturated rings. The van der Waals surface area contributed by atoms with Gasteiger partial charge in [-0.2, -0.15) is 0 Å². The lowest BCUT2D eigenvalue weighted by Crippen LogP contribution is -2.41. The van der Waals surface area contributed by atoms with Gasteiger partial charge in [0.2, 0.25) is 0 Å². The molecule has 0 radical (unpaired) electrons. The molecular formula is C28H33NO2. The van der Waals surface area contributed by atoms with Gasteiger partial charge in [0.1, 0.15) is 5.75 Å². The van der Waals surface area contributed by atoms with Gasteiger partial charge in [0.15, 0.2) is 6.61 Å². The van der Waals surface area contributed by atoms with Crippen LogP contribution < -0.4 is 4.74 Å². The van der Waals surface area contributed by atoms with Crippen LogP contribution in [0, 0.1) is 5.92 Å². The third-order valence-corrected chi connectivity index (χ3v) is 6.50. The Hall–Kier alpha value is -2.81. The maximum absolute atomic E-state index is 12.7. The highest BCUT2D eigenvalue weighted by molar-refractivity contribution is 5.78. The summed E-state index contributed by atoms with van der Waals surface area (Å²) in [5, 5.41) is 0. The second kappa shape index (κ2) is 11.0. The van der Waals surface area contributed by atoms with Crippen molar-refractivity contribution in [3.63, 3.8) is 0 Å². The second-order valence-electron chi connectivity index (χ2n) is 8.66. The molecule has 1 aliphatic heterocycles. The number of carbonyl (C=O) groups is 1. The minimum absolute atomic E-state index is 0.0977. The van der Waals surface area contributed by atoms with Crippen LogP contribution in [0.25, 0.3) is 11.1 Å². The van der Waals surface area contributed by atoms with E-state index in [9.17, 15) is 4.79 Å². The van der Waals surface area contributed by atoms with Crippen molar-refractivity contribution in [3.8, 4) is 16.9 Å². The topological polar surface area (TPSA) is 29.5 Å². The largest absolute Gasteiger partial charge is 0.483 e. The molecule has 1 aliphatic carbocycles. The van der Waals surface area contributed by atoms with E-state index in [1.165, 1.54) is 32.1 Å². The first-order valence-electron chi connectivity index (χ1n) is 11.7. The minimum atomic E-state index is 0.0977. The molecular weight excluding hydrogens is 382 g/mol. The smallest absolute Gasteiger partial charge is 0.260 e. The molecule has 31 heavy (non-hydrogen) atoms. The number of ether oxygens (including phenoxy) is 1. The van der Waals surface area contributed by atoms with Crippen LogP contribution in [0.4, 0.5) is 0 Å². The molecule has 0 N–H and O–H groups in total. The number of hydrogen-bond donors (Lipinski definition) is 0. The number of likely N-dealkylation sites (tertiary alicyclic amines) is 1. The van der Waals surface area contributed by atoms with Gasteiger partial charge in [-0.3, -0.25) is 4.79 Å². The van der Waals surface area contributed by atoms with E-state index in [2.05, 4.69) is 30.4 Å². The van der Waals surface area contributed by atoms with Crippen LogP contribution in [-0.4, -0.2) is 30.5 Å². The van der Waals surface area contributed by atoms with Crippen molar-refractivity contribution in [3.05, 3.63) is 78.4 Å². The van der Waals surface area contributed by atoms with Crippen LogP contribution in [0.5, 0.6) is 5.75 Å². The highest BCUT2D eigenvalue weighted by Crippen LogP contribution is 2.30. The van der Waals surface area contributed by atoms with Crippen LogP contribution in [0.2, 0.25) is 0 Å². The van der Waals surface area contributed by atoms with E-state index in [0.717, 1.165) is 48.7 Å². The summed E-state index contributed by atoms with van der Waals surface area (Å²) in [5.41, 5.74) is 3.73. The van der Waals surface area contributed by atoms with E-state index in [1.807, 2.05) is 47.4 Å². The Bertz CT molecular complexity index is 908. The van der Waals surface area contributed by atoms with Crippen molar-refractivity contribution in [2.75, 3.05) is 19.7 Å². The van der Waals surface area contributed by atoms with Crippen molar-refractivity contribution in [2.24, 2.45) is 5.92 Å². The first kappa shape index (κ1) is 21.4. The molecule has 2 aromatic carbocycles. The van der Waals surface area contributed by atoms with E-state index in [0.29, 0.717) is 0 Å². The zero-order chi connectivity index (χ0) is 21.3. The van der Waals surface area contributed by atoms with Crippen molar-refractivity contribution < 1.29 is 9.53 Å². The predicted molar refractivity (Wildman–Crippen MR) is 127 cm³/mol. The summed E-state index contributed by atoms with van der Waals surface area (Å²) in [4.78, 5) is 14.7. The number of allylic oxidation sites excluding steroid dienone is 4. The molecule has 0 unspecified atom stereocenters. The normalized spacial score (nSPS) is 16.8. The lowest BCUT2D eigenvalue weighted by Gasteiger charge is -2.32. The van der Waals surface area contributed by atoms with Crippen LogP contribution in [-0.2, 0) is 4.79 Å². The third kappa shape index (κ3) is 6.10. The van der Waals surface area contributed by atoms with Gasteiger partial charge in [0.05, 0.1) is 0 Å². The second-order valence-corrected chi connectivity index (χ2v) is 8.66. The van der Waals surface area contributed by atoms with E-state index < -0.39 is 0 Å². The molecule has 3 nitrogen and oxygen atoms in total. The van der Waals surface area contributed by atoms with E-state index in [4.69, 9.17) is 4.74 Å². The number of para-hydroxylation sites is 1. The third-order valence-electron chi connectivity index (χ3n) is 6.50. The fraction of sp³-hybridized carbons (Fsp3) is 0.393. The first-order chi connectivity index (χ1) is 15.3. The number of nitrogens with zero attached hydrogens (tertiary/aromatic N) is 1. The zero-order valence-electron chi connectivity index (χ0n) is 18.3.